The highest BCUT2D eigenvalue weighted by Crippen LogP contribution is 2.26. The molecular formula is C14H21ClN2O3S. The zero-order chi connectivity index (χ0) is 15.5. The van der Waals surface area contributed by atoms with Crippen LogP contribution < -0.4 is 10.0 Å². The first kappa shape index (κ1) is 16.7. The molecule has 1 fully saturated rings. The van der Waals surface area contributed by atoms with Gasteiger partial charge < -0.3 is 10.1 Å². The largest absolute Gasteiger partial charge is 0.383 e. The van der Waals surface area contributed by atoms with E-state index in [0.29, 0.717) is 24.2 Å². The number of sulfonamides is 1. The second-order valence-electron chi connectivity index (χ2n) is 5.23. The van der Waals surface area contributed by atoms with E-state index >= 15 is 0 Å². The lowest BCUT2D eigenvalue weighted by Crippen LogP contribution is -2.28. The van der Waals surface area contributed by atoms with Gasteiger partial charge >= 0.3 is 0 Å². The fraction of sp³-hybridized carbons (Fsp3) is 0.571. The van der Waals surface area contributed by atoms with Crippen molar-refractivity contribution in [1.82, 2.24) is 10.0 Å². The summed E-state index contributed by atoms with van der Waals surface area (Å²) in [4.78, 5) is 0.235. The minimum Gasteiger partial charge on any atom is -0.383 e. The van der Waals surface area contributed by atoms with Crippen molar-refractivity contribution in [2.45, 2.75) is 37.2 Å². The lowest BCUT2D eigenvalue weighted by atomic mass is 10.1. The molecule has 21 heavy (non-hydrogen) atoms. The normalized spacial score (nSPS) is 15.4. The molecular weight excluding hydrogens is 312 g/mol. The van der Waals surface area contributed by atoms with E-state index in [2.05, 4.69) is 10.0 Å². The van der Waals surface area contributed by atoms with Crippen molar-refractivity contribution in [3.8, 4) is 0 Å². The molecule has 1 aromatic rings. The average Bonchev–Trinajstić information content (AvgIpc) is 3.23. The van der Waals surface area contributed by atoms with Crippen LogP contribution in [0.4, 0.5) is 0 Å². The highest BCUT2D eigenvalue weighted by molar-refractivity contribution is 7.89. The van der Waals surface area contributed by atoms with Crippen LogP contribution in [0.3, 0.4) is 0 Å². The van der Waals surface area contributed by atoms with Gasteiger partial charge in [0.05, 0.1) is 11.5 Å². The molecule has 7 heteroatoms. The van der Waals surface area contributed by atoms with Crippen molar-refractivity contribution in [2.24, 2.45) is 0 Å². The number of methoxy groups -OCH3 is 1. The molecule has 5 nitrogen and oxygen atoms in total. The minimum absolute atomic E-state index is 0.235. The quantitative estimate of drug-likeness (QED) is 0.713. The Hall–Kier alpha value is -0.660. The number of ether oxygens (including phenoxy) is 1. The molecule has 0 aromatic heterocycles. The van der Waals surface area contributed by atoms with Gasteiger partial charge in [0.25, 0.3) is 0 Å². The van der Waals surface area contributed by atoms with Gasteiger partial charge in [-0.2, -0.15) is 0 Å². The summed E-state index contributed by atoms with van der Waals surface area (Å²) < 4.78 is 32.1. The smallest absolute Gasteiger partial charge is 0.240 e. The van der Waals surface area contributed by atoms with E-state index in [1.165, 1.54) is 26.0 Å². The Balaban J connectivity index is 2.20. The van der Waals surface area contributed by atoms with Crippen LogP contribution in [0.1, 0.15) is 24.0 Å². The summed E-state index contributed by atoms with van der Waals surface area (Å²) in [6.07, 6.45) is 2.37. The van der Waals surface area contributed by atoms with Crippen molar-refractivity contribution in [1.29, 1.82) is 0 Å². The monoisotopic (exact) mass is 332 g/mol. The second-order valence-corrected chi connectivity index (χ2v) is 7.41. The fourth-order valence-corrected chi connectivity index (χ4v) is 3.70. The zero-order valence-electron chi connectivity index (χ0n) is 12.3. The van der Waals surface area contributed by atoms with Gasteiger partial charge in [-0.3, -0.25) is 0 Å². The highest BCUT2D eigenvalue weighted by atomic mass is 35.5. The Morgan fingerprint density at radius 2 is 2.10 bits per heavy atom. The second kappa shape index (κ2) is 7.07. The average molecular weight is 333 g/mol. The van der Waals surface area contributed by atoms with E-state index in [-0.39, 0.29) is 11.4 Å². The van der Waals surface area contributed by atoms with Crippen molar-refractivity contribution in [3.63, 3.8) is 0 Å². The zero-order valence-corrected chi connectivity index (χ0v) is 13.9. The van der Waals surface area contributed by atoms with Gasteiger partial charge in [-0.25, -0.2) is 13.1 Å². The van der Waals surface area contributed by atoms with E-state index in [4.69, 9.17) is 16.3 Å². The van der Waals surface area contributed by atoms with Crippen LogP contribution in [0.15, 0.2) is 17.0 Å². The number of nitrogens with one attached hydrogen (secondary N) is 2. The van der Waals surface area contributed by atoms with Crippen molar-refractivity contribution >= 4 is 21.6 Å². The number of benzene rings is 1. The van der Waals surface area contributed by atoms with Crippen LogP contribution in [0.5, 0.6) is 0 Å². The topological polar surface area (TPSA) is 67.4 Å². The summed E-state index contributed by atoms with van der Waals surface area (Å²) in [6, 6.07) is 3.87. The Bertz CT molecular complexity index is 600. The van der Waals surface area contributed by atoms with Crippen LogP contribution in [0, 0.1) is 6.92 Å². The molecule has 1 aliphatic rings. The van der Waals surface area contributed by atoms with Gasteiger partial charge in [0.1, 0.15) is 0 Å². The van der Waals surface area contributed by atoms with Gasteiger partial charge in [0, 0.05) is 31.3 Å². The molecule has 0 aliphatic heterocycles. The molecule has 0 amide bonds. The van der Waals surface area contributed by atoms with Gasteiger partial charge in [-0.1, -0.05) is 11.6 Å². The van der Waals surface area contributed by atoms with E-state index in [1.807, 2.05) is 13.0 Å². The Morgan fingerprint density at radius 1 is 1.38 bits per heavy atom. The standard InChI is InChI=1S/C14H21ClN2O3S/c1-10-11(9-16-13-3-4-13)7-12(15)8-14(10)21(18,19)17-5-6-20-2/h7-8,13,16-17H,3-6,9H2,1-2H3. The lowest BCUT2D eigenvalue weighted by molar-refractivity contribution is 0.204. The molecule has 0 bridgehead atoms. The Morgan fingerprint density at radius 3 is 2.71 bits per heavy atom. The summed E-state index contributed by atoms with van der Waals surface area (Å²) in [5.41, 5.74) is 1.65. The molecule has 0 atom stereocenters. The van der Waals surface area contributed by atoms with E-state index < -0.39 is 10.0 Å². The first-order valence-electron chi connectivity index (χ1n) is 6.95. The maximum Gasteiger partial charge on any atom is 0.240 e. The molecule has 0 unspecified atom stereocenters. The summed E-state index contributed by atoms with van der Waals surface area (Å²) >= 11 is 6.08. The summed E-state index contributed by atoms with van der Waals surface area (Å²) in [6.45, 7) is 3.01. The third-order valence-corrected chi connectivity index (χ3v) is 5.28. The summed E-state index contributed by atoms with van der Waals surface area (Å²) in [7, 11) is -2.04. The number of rotatable bonds is 8. The van der Waals surface area contributed by atoms with Crippen LogP contribution >= 0.6 is 11.6 Å². The Labute approximate surface area is 131 Å². The third kappa shape index (κ3) is 4.66. The van der Waals surface area contributed by atoms with Gasteiger partial charge in [-0.15, -0.1) is 0 Å². The van der Waals surface area contributed by atoms with Crippen molar-refractivity contribution in [2.75, 3.05) is 20.3 Å². The van der Waals surface area contributed by atoms with E-state index in [0.717, 1.165) is 11.1 Å². The predicted octanol–water partition coefficient (Wildman–Crippen LogP) is 1.83. The van der Waals surface area contributed by atoms with Crippen LogP contribution in [0.2, 0.25) is 5.02 Å². The molecule has 0 heterocycles. The maximum atomic E-state index is 12.3. The molecule has 2 N–H and O–H groups in total. The minimum atomic E-state index is -3.57. The molecule has 1 saturated carbocycles. The van der Waals surface area contributed by atoms with E-state index in [9.17, 15) is 8.42 Å². The van der Waals surface area contributed by atoms with Gasteiger partial charge in [0.15, 0.2) is 0 Å². The number of hydrogen-bond acceptors (Lipinski definition) is 4. The summed E-state index contributed by atoms with van der Waals surface area (Å²) in [5.74, 6) is 0. The maximum absolute atomic E-state index is 12.3. The van der Waals surface area contributed by atoms with Crippen LogP contribution in [-0.2, 0) is 21.3 Å². The molecule has 1 aliphatic carbocycles. The molecule has 0 saturated heterocycles. The van der Waals surface area contributed by atoms with E-state index in [1.54, 1.807) is 0 Å². The third-order valence-electron chi connectivity index (χ3n) is 3.48. The molecule has 1 aromatic carbocycles. The Kier molecular flexibility index (Phi) is 5.62. The van der Waals surface area contributed by atoms with Crippen molar-refractivity contribution < 1.29 is 13.2 Å². The van der Waals surface area contributed by atoms with Crippen LogP contribution in [-0.4, -0.2) is 34.7 Å². The molecule has 2 rings (SSSR count). The van der Waals surface area contributed by atoms with Crippen molar-refractivity contribution in [3.05, 3.63) is 28.3 Å². The molecule has 118 valence electrons. The number of halogens is 1. The van der Waals surface area contributed by atoms with Crippen LogP contribution in [0.25, 0.3) is 0 Å². The highest BCUT2D eigenvalue weighted by Gasteiger charge is 2.22. The van der Waals surface area contributed by atoms with Gasteiger partial charge in [0.2, 0.25) is 10.0 Å². The summed E-state index contributed by atoms with van der Waals surface area (Å²) in [5, 5.41) is 3.81. The predicted molar refractivity (Wildman–Crippen MR) is 83.1 cm³/mol. The first-order valence-corrected chi connectivity index (χ1v) is 8.81. The molecule has 0 radical (unpaired) electrons. The number of hydrogen-bond donors (Lipinski definition) is 2. The molecule has 0 spiro atoms. The lowest BCUT2D eigenvalue weighted by Gasteiger charge is -2.14. The fourth-order valence-electron chi connectivity index (χ4n) is 2.07. The first-order chi connectivity index (χ1) is 9.94. The SMILES string of the molecule is COCCNS(=O)(=O)c1cc(Cl)cc(CNC2CC2)c1C. The van der Waals surface area contributed by atoms with Gasteiger partial charge in [-0.05, 0) is 43.0 Å².